The van der Waals surface area contributed by atoms with Gasteiger partial charge in [-0.3, -0.25) is 0 Å². The summed E-state index contributed by atoms with van der Waals surface area (Å²) in [7, 11) is 3.94. The van der Waals surface area contributed by atoms with Crippen molar-refractivity contribution in [2.24, 2.45) is 0 Å². The van der Waals surface area contributed by atoms with Gasteiger partial charge in [-0.1, -0.05) is 166 Å². The highest BCUT2D eigenvalue weighted by molar-refractivity contribution is 7.81. The molecule has 90 heavy (non-hydrogen) atoms. The molecule has 2 aliphatic rings. The quantitative estimate of drug-likeness (QED) is 0.0926. The molecule has 0 aromatic heterocycles. The number of hydrogen-bond donors (Lipinski definition) is 0. The predicted octanol–water partition coefficient (Wildman–Crippen LogP) is 17.5. The predicted molar refractivity (Wildman–Crippen MR) is 380 cm³/mol. The number of hydrogen-bond acceptors (Lipinski definition) is 10. The van der Waals surface area contributed by atoms with Crippen molar-refractivity contribution in [2.45, 2.75) is 223 Å². The molecular formula is C78H108O10P2. The van der Waals surface area contributed by atoms with Crippen LogP contribution in [0.5, 0.6) is 57.5 Å². The average molecular weight is 1270 g/mol. The second kappa shape index (κ2) is 24.9. The number of benzene rings is 6. The molecule has 6 aromatic rings. The molecule has 0 amide bonds. The van der Waals surface area contributed by atoms with Crippen LogP contribution in [-0.2, 0) is 43.3 Å². The summed E-state index contributed by atoms with van der Waals surface area (Å²) in [5, 5.41) is 6.53. The Morgan fingerprint density at radius 3 is 0.656 bits per heavy atom. The molecule has 8 rings (SSSR count). The van der Waals surface area contributed by atoms with Gasteiger partial charge in [0.05, 0.1) is 41.7 Å². The lowest BCUT2D eigenvalue weighted by atomic mass is 9.79. The van der Waals surface area contributed by atoms with Gasteiger partial charge in [-0.25, -0.2) is 0 Å². The van der Waals surface area contributed by atoms with Crippen molar-refractivity contribution in [1.29, 1.82) is 0 Å². The van der Waals surface area contributed by atoms with Crippen molar-refractivity contribution in [3.05, 3.63) is 105 Å². The molecule has 0 radical (unpaired) electrons. The van der Waals surface area contributed by atoms with E-state index in [1.54, 1.807) is 0 Å². The van der Waals surface area contributed by atoms with Crippen LogP contribution in [0.2, 0.25) is 0 Å². The second-order valence-electron chi connectivity index (χ2n) is 32.5. The molecule has 6 aromatic carbocycles. The summed E-state index contributed by atoms with van der Waals surface area (Å²) in [6, 6.07) is 23.8. The standard InChI is InChI=1S/C78H108O10P2/c1-31-83-57-41-59(89(45-33-49(71(3,4)5)63(79-27)50(34-45)72(6,7)8)46-35-51(73(9,10)11)64(80-28)52(36-46)74(12,13)14)61(69-67(57)85-43-87-69)62-60(42-58(84-32-2)68-70(62)88-44-86-68)90(47-37-53(75(15,16)17)65(81-29)54(38-47)76(18,19)20)48-39-55(77(21,22)23)66(82-30)56(40-48)78(24,25)26/h33-42H,31-32,43-44H2,1-30H3. The lowest BCUT2D eigenvalue weighted by Crippen LogP contribution is -2.31. The molecule has 0 saturated heterocycles. The monoisotopic (exact) mass is 1270 g/mol. The zero-order chi connectivity index (χ0) is 67.1. The van der Waals surface area contributed by atoms with Crippen LogP contribution in [0, 0.1) is 0 Å². The van der Waals surface area contributed by atoms with Gasteiger partial charge in [-0.05, 0) is 155 Å². The zero-order valence-corrected chi connectivity index (χ0v) is 62.4. The lowest BCUT2D eigenvalue weighted by molar-refractivity contribution is 0.169. The normalized spacial score (nSPS) is 14.0. The van der Waals surface area contributed by atoms with E-state index < -0.39 is 15.8 Å². The van der Waals surface area contributed by atoms with Crippen LogP contribution in [0.25, 0.3) is 11.1 Å². The highest BCUT2D eigenvalue weighted by Crippen LogP contribution is 2.60. The van der Waals surface area contributed by atoms with Gasteiger partial charge in [-0.15, -0.1) is 0 Å². The Balaban J connectivity index is 1.75. The van der Waals surface area contributed by atoms with Crippen LogP contribution in [0.4, 0.5) is 0 Å². The summed E-state index contributed by atoms with van der Waals surface area (Å²) in [5.74, 6) is 6.99. The maximum Gasteiger partial charge on any atom is 0.231 e. The summed E-state index contributed by atoms with van der Waals surface area (Å²) >= 11 is 0. The molecule has 0 aliphatic carbocycles. The van der Waals surface area contributed by atoms with Crippen molar-refractivity contribution < 1.29 is 47.4 Å². The van der Waals surface area contributed by atoms with Crippen LogP contribution < -0.4 is 79.2 Å². The molecule has 0 N–H and O–H groups in total. The molecule has 0 saturated carbocycles. The first kappa shape index (κ1) is 70.1. The topological polar surface area (TPSA) is 92.3 Å². The maximum atomic E-state index is 7.13. The van der Waals surface area contributed by atoms with E-state index in [1.807, 2.05) is 42.3 Å². The van der Waals surface area contributed by atoms with Crippen LogP contribution >= 0.6 is 15.8 Å². The Morgan fingerprint density at radius 1 is 0.300 bits per heavy atom. The number of fused-ring (bicyclic) bond motifs is 2. The van der Waals surface area contributed by atoms with Crippen molar-refractivity contribution >= 4 is 47.7 Å². The van der Waals surface area contributed by atoms with Crippen LogP contribution in [0.1, 0.15) is 225 Å². The average Bonchev–Trinajstić information content (AvgIpc) is 1.19. The fraction of sp³-hybridized carbons (Fsp3) is 0.538. The lowest BCUT2D eigenvalue weighted by Gasteiger charge is -2.35. The summed E-state index contributed by atoms with van der Waals surface area (Å²) in [5.41, 5.74) is 7.92. The maximum absolute atomic E-state index is 7.13. The van der Waals surface area contributed by atoms with Crippen molar-refractivity contribution in [3.63, 3.8) is 0 Å². The molecule has 12 heteroatoms. The molecule has 0 unspecified atom stereocenters. The van der Waals surface area contributed by atoms with Crippen molar-refractivity contribution in [3.8, 4) is 68.6 Å². The van der Waals surface area contributed by atoms with E-state index in [0.29, 0.717) is 47.7 Å². The minimum absolute atomic E-state index is 0.0229. The molecule has 0 spiro atoms. The Labute approximate surface area is 544 Å². The van der Waals surface area contributed by atoms with Crippen LogP contribution in [-0.4, -0.2) is 55.2 Å². The van der Waals surface area contributed by atoms with E-state index in [0.717, 1.165) is 110 Å². The minimum Gasteiger partial charge on any atom is -0.496 e. The van der Waals surface area contributed by atoms with Gasteiger partial charge >= 0.3 is 0 Å². The number of methoxy groups -OCH3 is 4. The van der Waals surface area contributed by atoms with Crippen LogP contribution in [0.15, 0.2) is 60.7 Å². The zero-order valence-electron chi connectivity index (χ0n) is 60.6. The Bertz CT molecular complexity index is 3120. The molecule has 2 aliphatic heterocycles. The Hall–Kier alpha value is -5.82. The molecular weight excluding hydrogens is 1160 g/mol. The molecule has 0 bridgehead atoms. The smallest absolute Gasteiger partial charge is 0.231 e. The van der Waals surface area contributed by atoms with E-state index in [2.05, 4.69) is 227 Å². The van der Waals surface area contributed by atoms with Gasteiger partial charge in [-0.2, -0.15) is 0 Å². The SMILES string of the molecule is CCOc1cc(P(c2cc(C(C)(C)C)c(OC)c(C(C)(C)C)c2)c2cc(C(C)(C)C)c(OC)c(C(C)(C)C)c2)c(-c2c(P(c3cc(C(C)(C)C)c(OC)c(C(C)(C)C)c3)c3cc(C(C)(C)C)c(OC)c(C(C)(C)C)c3)cc(OCC)c3c2OCO3)c2c1OCO2. The first-order valence-electron chi connectivity index (χ1n) is 32.2. The minimum atomic E-state index is -1.65. The van der Waals surface area contributed by atoms with Gasteiger partial charge in [0.2, 0.25) is 25.1 Å². The molecule has 10 nitrogen and oxygen atoms in total. The third-order valence-corrected chi connectivity index (χ3v) is 21.9. The van der Waals surface area contributed by atoms with E-state index >= 15 is 0 Å². The fourth-order valence-electron chi connectivity index (χ4n) is 12.6. The van der Waals surface area contributed by atoms with Gasteiger partial charge < -0.3 is 47.4 Å². The van der Waals surface area contributed by atoms with Gasteiger partial charge in [0.1, 0.15) is 23.0 Å². The van der Waals surface area contributed by atoms with E-state index in [4.69, 9.17) is 47.4 Å². The summed E-state index contributed by atoms with van der Waals surface area (Å²) in [6.07, 6.45) is 0. The first-order chi connectivity index (χ1) is 41.5. The third-order valence-electron chi connectivity index (χ3n) is 17.1. The van der Waals surface area contributed by atoms with E-state index in [9.17, 15) is 0 Å². The van der Waals surface area contributed by atoms with E-state index in [-0.39, 0.29) is 56.9 Å². The Morgan fingerprint density at radius 2 is 0.489 bits per heavy atom. The van der Waals surface area contributed by atoms with Gasteiger partial charge in [0.25, 0.3) is 0 Å². The number of ether oxygens (including phenoxy) is 10. The van der Waals surface area contributed by atoms with Gasteiger partial charge in [0, 0.05) is 66.2 Å². The van der Waals surface area contributed by atoms with Crippen molar-refractivity contribution in [1.82, 2.24) is 0 Å². The van der Waals surface area contributed by atoms with E-state index in [1.165, 1.54) is 0 Å². The largest absolute Gasteiger partial charge is 0.496 e. The summed E-state index contributed by atoms with van der Waals surface area (Å²) in [6.45, 7) is 59.6. The molecule has 0 fully saturated rings. The summed E-state index contributed by atoms with van der Waals surface area (Å²) in [4.78, 5) is 0. The third kappa shape index (κ3) is 13.5. The molecule has 0 atom stereocenters. The molecule has 2 heterocycles. The second-order valence-corrected chi connectivity index (χ2v) is 36.9. The fourth-order valence-corrected chi connectivity index (χ4v) is 17.7. The summed E-state index contributed by atoms with van der Waals surface area (Å²) < 4.78 is 67.7. The Kier molecular flexibility index (Phi) is 19.4. The van der Waals surface area contributed by atoms with Crippen molar-refractivity contribution in [2.75, 3.05) is 55.2 Å². The van der Waals surface area contributed by atoms with Crippen LogP contribution in [0.3, 0.4) is 0 Å². The molecule has 490 valence electrons. The number of rotatable bonds is 15. The highest BCUT2D eigenvalue weighted by Gasteiger charge is 2.43. The van der Waals surface area contributed by atoms with Gasteiger partial charge in [0.15, 0.2) is 23.0 Å². The first-order valence-corrected chi connectivity index (χ1v) is 34.9. The highest BCUT2D eigenvalue weighted by atomic mass is 31.1.